The first-order chi connectivity index (χ1) is 13.7. The van der Waals surface area contributed by atoms with Gasteiger partial charge in [-0.3, -0.25) is 4.79 Å². The zero-order chi connectivity index (χ0) is 21.1. The summed E-state index contributed by atoms with van der Waals surface area (Å²) in [5.41, 5.74) is -0.00409. The summed E-state index contributed by atoms with van der Waals surface area (Å²) in [5.74, 6) is -1.58. The Morgan fingerprint density at radius 1 is 1.24 bits per heavy atom. The molecule has 1 aromatic rings. The molecule has 0 aromatic heterocycles. The van der Waals surface area contributed by atoms with E-state index in [1.165, 1.54) is 28.6 Å². The number of benzene rings is 1. The van der Waals surface area contributed by atoms with Gasteiger partial charge in [0.15, 0.2) is 16.4 Å². The van der Waals surface area contributed by atoms with E-state index >= 15 is 0 Å². The van der Waals surface area contributed by atoms with Crippen LogP contribution in [-0.2, 0) is 34.1 Å². The zero-order valence-electron chi connectivity index (χ0n) is 15.6. The van der Waals surface area contributed by atoms with Crippen molar-refractivity contribution in [3.63, 3.8) is 0 Å². The fraction of sp³-hybridized carbons (Fsp3) is 0.529. The van der Waals surface area contributed by atoms with Crippen molar-refractivity contribution in [1.82, 2.24) is 9.62 Å². The quantitative estimate of drug-likeness (QED) is 0.559. The molecule has 2 saturated heterocycles. The highest BCUT2D eigenvalue weighted by molar-refractivity contribution is 7.91. The third-order valence-electron chi connectivity index (χ3n) is 4.61. The molecule has 12 heteroatoms. The van der Waals surface area contributed by atoms with Crippen molar-refractivity contribution in [2.45, 2.75) is 17.4 Å². The second kappa shape index (κ2) is 8.78. The van der Waals surface area contributed by atoms with Crippen LogP contribution in [0.25, 0.3) is 0 Å². The van der Waals surface area contributed by atoms with Crippen LogP contribution in [-0.4, -0.2) is 83.5 Å². The van der Waals surface area contributed by atoms with E-state index in [1.54, 1.807) is 0 Å². The first-order valence-electron chi connectivity index (χ1n) is 9.02. The summed E-state index contributed by atoms with van der Waals surface area (Å²) in [6.07, 6.45) is 0.323. The maximum Gasteiger partial charge on any atom is 0.338 e. The number of sulfone groups is 1. The highest BCUT2D eigenvalue weighted by Gasteiger charge is 2.29. The van der Waals surface area contributed by atoms with E-state index < -0.39 is 44.4 Å². The molecule has 0 aliphatic carbocycles. The molecule has 3 rings (SSSR count). The average Bonchev–Trinajstić information content (AvgIpc) is 3.05. The SMILES string of the molecule is O=C(COC(=O)c1cccc(S(=O)(=O)N2CCOCC2)c1)NC1CCS(=O)(=O)C1. The maximum absolute atomic E-state index is 12.7. The van der Waals surface area contributed by atoms with Gasteiger partial charge in [0, 0.05) is 19.1 Å². The first kappa shape index (κ1) is 21.7. The van der Waals surface area contributed by atoms with Crippen LogP contribution in [0.1, 0.15) is 16.8 Å². The van der Waals surface area contributed by atoms with E-state index in [0.29, 0.717) is 19.6 Å². The Balaban J connectivity index is 1.58. The number of morpholine rings is 1. The normalized spacial score (nSPS) is 22.1. The monoisotopic (exact) mass is 446 g/mol. The number of amides is 1. The van der Waals surface area contributed by atoms with Crippen molar-refractivity contribution in [1.29, 1.82) is 0 Å². The van der Waals surface area contributed by atoms with E-state index in [0.717, 1.165) is 0 Å². The molecular formula is C17H22N2O8S2. The Kier molecular flexibility index (Phi) is 6.56. The Morgan fingerprint density at radius 3 is 2.62 bits per heavy atom. The molecule has 1 unspecified atom stereocenters. The van der Waals surface area contributed by atoms with Crippen molar-refractivity contribution < 1.29 is 35.9 Å². The molecule has 160 valence electrons. The molecule has 1 aromatic carbocycles. The molecule has 2 fully saturated rings. The number of nitrogens with zero attached hydrogens (tertiary/aromatic N) is 1. The molecule has 0 bridgehead atoms. The predicted octanol–water partition coefficient (Wildman–Crippen LogP) is -0.832. The predicted molar refractivity (Wildman–Crippen MR) is 102 cm³/mol. The van der Waals surface area contributed by atoms with Gasteiger partial charge in [-0.25, -0.2) is 21.6 Å². The summed E-state index contributed by atoms with van der Waals surface area (Å²) in [4.78, 5) is 24.1. The lowest BCUT2D eigenvalue weighted by Gasteiger charge is -2.26. The molecule has 0 spiro atoms. The Morgan fingerprint density at radius 2 is 1.97 bits per heavy atom. The minimum Gasteiger partial charge on any atom is -0.452 e. The highest BCUT2D eigenvalue weighted by Crippen LogP contribution is 2.19. The van der Waals surface area contributed by atoms with Gasteiger partial charge in [0.25, 0.3) is 5.91 Å². The molecule has 29 heavy (non-hydrogen) atoms. The van der Waals surface area contributed by atoms with Crippen LogP contribution in [0, 0.1) is 0 Å². The van der Waals surface area contributed by atoms with E-state index in [9.17, 15) is 26.4 Å². The van der Waals surface area contributed by atoms with Crippen molar-refractivity contribution in [2.24, 2.45) is 0 Å². The number of carbonyl (C=O) groups is 2. The fourth-order valence-electron chi connectivity index (χ4n) is 3.11. The molecule has 0 radical (unpaired) electrons. The first-order valence-corrected chi connectivity index (χ1v) is 12.3. The molecule has 2 aliphatic heterocycles. The molecule has 10 nitrogen and oxygen atoms in total. The van der Waals surface area contributed by atoms with E-state index in [2.05, 4.69) is 5.32 Å². The largest absolute Gasteiger partial charge is 0.452 e. The van der Waals surface area contributed by atoms with Crippen molar-refractivity contribution in [3.8, 4) is 0 Å². The van der Waals surface area contributed by atoms with Crippen LogP contribution in [0.5, 0.6) is 0 Å². The summed E-state index contributed by atoms with van der Waals surface area (Å²) >= 11 is 0. The Labute approximate surface area is 169 Å². The summed E-state index contributed by atoms with van der Waals surface area (Å²) < 4.78 is 59.5. The van der Waals surface area contributed by atoms with Gasteiger partial charge in [0.05, 0.1) is 35.2 Å². The van der Waals surface area contributed by atoms with Gasteiger partial charge in [-0.05, 0) is 24.6 Å². The molecule has 1 N–H and O–H groups in total. The van der Waals surface area contributed by atoms with Crippen molar-refractivity contribution >= 4 is 31.7 Å². The van der Waals surface area contributed by atoms with Gasteiger partial charge in [-0.15, -0.1) is 0 Å². The standard InChI is InChI=1S/C17H22N2O8S2/c20-16(18-14-4-9-28(22,23)12-14)11-27-17(21)13-2-1-3-15(10-13)29(24,25)19-5-7-26-8-6-19/h1-3,10,14H,4-9,11-12H2,(H,18,20). The summed E-state index contributed by atoms with van der Waals surface area (Å²) in [5, 5.41) is 2.51. The van der Waals surface area contributed by atoms with Crippen molar-refractivity contribution in [3.05, 3.63) is 29.8 Å². The zero-order valence-corrected chi connectivity index (χ0v) is 17.2. The number of hydrogen-bond donors (Lipinski definition) is 1. The minimum absolute atomic E-state index is 0.00409. The third kappa shape index (κ3) is 5.53. The van der Waals surface area contributed by atoms with Gasteiger partial charge in [-0.2, -0.15) is 4.31 Å². The van der Waals surface area contributed by atoms with Crippen LogP contribution in [0.4, 0.5) is 0 Å². The van der Waals surface area contributed by atoms with Crippen LogP contribution < -0.4 is 5.32 Å². The summed E-state index contributed by atoms with van der Waals surface area (Å²) in [6.45, 7) is 0.481. The average molecular weight is 447 g/mol. The number of ether oxygens (including phenoxy) is 2. The van der Waals surface area contributed by atoms with Gasteiger partial charge in [0.2, 0.25) is 10.0 Å². The van der Waals surface area contributed by atoms with Gasteiger partial charge < -0.3 is 14.8 Å². The van der Waals surface area contributed by atoms with Crippen LogP contribution >= 0.6 is 0 Å². The fourth-order valence-corrected chi connectivity index (χ4v) is 6.24. The highest BCUT2D eigenvalue weighted by atomic mass is 32.2. The lowest BCUT2D eigenvalue weighted by Crippen LogP contribution is -2.40. The van der Waals surface area contributed by atoms with E-state index in [-0.39, 0.29) is 35.1 Å². The number of sulfonamides is 1. The summed E-state index contributed by atoms with van der Waals surface area (Å²) in [7, 11) is -6.90. The molecule has 2 aliphatic rings. The Bertz CT molecular complexity index is 984. The molecule has 1 atom stereocenters. The van der Waals surface area contributed by atoms with E-state index in [4.69, 9.17) is 9.47 Å². The van der Waals surface area contributed by atoms with E-state index in [1.807, 2.05) is 0 Å². The number of esters is 1. The topological polar surface area (TPSA) is 136 Å². The van der Waals surface area contributed by atoms with Gasteiger partial charge in [-0.1, -0.05) is 6.07 Å². The number of nitrogens with one attached hydrogen (secondary N) is 1. The lowest BCUT2D eigenvalue weighted by atomic mass is 10.2. The van der Waals surface area contributed by atoms with Gasteiger partial charge in [0.1, 0.15) is 0 Å². The maximum atomic E-state index is 12.7. The molecule has 2 heterocycles. The van der Waals surface area contributed by atoms with Crippen molar-refractivity contribution in [2.75, 3.05) is 44.4 Å². The number of rotatable bonds is 6. The molecule has 1 amide bonds. The third-order valence-corrected chi connectivity index (χ3v) is 8.27. The van der Waals surface area contributed by atoms with Gasteiger partial charge >= 0.3 is 5.97 Å². The second-order valence-corrected chi connectivity index (χ2v) is 11.0. The molecule has 0 saturated carbocycles. The smallest absolute Gasteiger partial charge is 0.338 e. The van der Waals surface area contributed by atoms with Crippen LogP contribution in [0.3, 0.4) is 0 Å². The second-order valence-electron chi connectivity index (χ2n) is 6.79. The number of carbonyl (C=O) groups excluding carboxylic acids is 2. The summed E-state index contributed by atoms with van der Waals surface area (Å²) in [6, 6.07) is 4.91. The lowest BCUT2D eigenvalue weighted by molar-refractivity contribution is -0.124. The molecular weight excluding hydrogens is 424 g/mol. The number of hydrogen-bond acceptors (Lipinski definition) is 8. The van der Waals surface area contributed by atoms with Crippen LogP contribution in [0.15, 0.2) is 29.2 Å². The Hall–Kier alpha value is -2.02. The van der Waals surface area contributed by atoms with Crippen LogP contribution in [0.2, 0.25) is 0 Å². The minimum atomic E-state index is -3.77.